The highest BCUT2D eigenvalue weighted by atomic mass is 16.5. The van der Waals surface area contributed by atoms with Gasteiger partial charge in [0.2, 0.25) is 5.91 Å². The van der Waals surface area contributed by atoms with Crippen LogP contribution in [0.25, 0.3) is 0 Å². The summed E-state index contributed by atoms with van der Waals surface area (Å²) in [5.41, 5.74) is 2.51. The van der Waals surface area contributed by atoms with Crippen molar-refractivity contribution in [3.8, 4) is 5.75 Å². The van der Waals surface area contributed by atoms with Crippen molar-refractivity contribution in [3.63, 3.8) is 0 Å². The van der Waals surface area contributed by atoms with Crippen LogP contribution in [0, 0.1) is 0 Å². The van der Waals surface area contributed by atoms with Crippen molar-refractivity contribution >= 4 is 11.8 Å². The van der Waals surface area contributed by atoms with Gasteiger partial charge in [0.25, 0.3) is 5.91 Å². The minimum atomic E-state index is -0.314. The number of ether oxygens (including phenoxy) is 1. The molecule has 4 rings (SSSR count). The number of carbonyl (C=O) groups excluding carboxylic acids is 2. The van der Waals surface area contributed by atoms with Crippen LogP contribution < -0.4 is 10.1 Å². The van der Waals surface area contributed by atoms with Crippen LogP contribution in [0.4, 0.5) is 0 Å². The molecular weight excluding hydrogens is 340 g/mol. The molecule has 1 fully saturated rings. The van der Waals surface area contributed by atoms with E-state index in [4.69, 9.17) is 4.74 Å². The van der Waals surface area contributed by atoms with E-state index in [-0.39, 0.29) is 17.4 Å². The zero-order chi connectivity index (χ0) is 18.9. The van der Waals surface area contributed by atoms with Gasteiger partial charge >= 0.3 is 0 Å². The van der Waals surface area contributed by atoms with Crippen LogP contribution in [0.1, 0.15) is 34.3 Å². The van der Waals surface area contributed by atoms with Gasteiger partial charge in [-0.15, -0.1) is 0 Å². The number of fused-ring (bicyclic) bond motifs is 1. The van der Waals surface area contributed by atoms with Crippen molar-refractivity contribution in [2.24, 2.45) is 0 Å². The molecule has 1 spiro atoms. The Kier molecular flexibility index (Phi) is 4.60. The fourth-order valence-electron chi connectivity index (χ4n) is 4.13. The van der Waals surface area contributed by atoms with Gasteiger partial charge in [-0.2, -0.15) is 0 Å². The molecule has 0 saturated carbocycles. The number of aryl methyl sites for hydroxylation is 1. The molecule has 1 atom stereocenters. The quantitative estimate of drug-likeness (QED) is 0.911. The van der Waals surface area contributed by atoms with E-state index in [1.54, 1.807) is 7.11 Å². The predicted molar refractivity (Wildman–Crippen MR) is 103 cm³/mol. The van der Waals surface area contributed by atoms with E-state index in [9.17, 15) is 9.59 Å². The van der Waals surface area contributed by atoms with Crippen LogP contribution in [-0.2, 0) is 17.6 Å². The maximum Gasteiger partial charge on any atom is 0.252 e. The van der Waals surface area contributed by atoms with E-state index in [1.165, 1.54) is 0 Å². The lowest BCUT2D eigenvalue weighted by atomic mass is 9.91. The standard InChI is InChI=1S/C22H24N2O3/c1-27-18-8-6-16(7-9-18)14-20(25)24-13-12-22(15-24)11-10-17-4-2-3-5-19(17)21(26)23-22/h2-9H,10-15H2,1H3,(H,23,26)/t22-/m1/s1. The van der Waals surface area contributed by atoms with E-state index >= 15 is 0 Å². The first-order chi connectivity index (χ1) is 13.1. The third-order valence-corrected chi connectivity index (χ3v) is 5.73. The van der Waals surface area contributed by atoms with E-state index in [1.807, 2.05) is 53.4 Å². The molecule has 140 valence electrons. The number of methoxy groups -OCH3 is 1. The average molecular weight is 364 g/mol. The summed E-state index contributed by atoms with van der Waals surface area (Å²) >= 11 is 0. The van der Waals surface area contributed by atoms with Crippen molar-refractivity contribution < 1.29 is 14.3 Å². The molecule has 0 unspecified atom stereocenters. The van der Waals surface area contributed by atoms with Crippen molar-refractivity contribution in [2.45, 2.75) is 31.2 Å². The largest absolute Gasteiger partial charge is 0.497 e. The van der Waals surface area contributed by atoms with Crippen LogP contribution in [0.2, 0.25) is 0 Å². The number of benzene rings is 2. The molecule has 0 bridgehead atoms. The number of carbonyl (C=O) groups is 2. The minimum absolute atomic E-state index is 0.0208. The monoisotopic (exact) mass is 364 g/mol. The molecule has 5 heteroatoms. The molecule has 2 heterocycles. The predicted octanol–water partition coefficient (Wildman–Crippen LogP) is 2.59. The van der Waals surface area contributed by atoms with Crippen LogP contribution in [-0.4, -0.2) is 42.5 Å². The molecule has 27 heavy (non-hydrogen) atoms. The SMILES string of the molecule is COc1ccc(CC(=O)N2CC[C@]3(CCc4ccccc4C(=O)N3)C2)cc1. The fraction of sp³-hybridized carbons (Fsp3) is 0.364. The number of hydrogen-bond donors (Lipinski definition) is 1. The molecule has 2 aromatic carbocycles. The van der Waals surface area contributed by atoms with Crippen molar-refractivity contribution in [2.75, 3.05) is 20.2 Å². The number of likely N-dealkylation sites (tertiary alicyclic amines) is 1. The first-order valence-electron chi connectivity index (χ1n) is 9.40. The van der Waals surface area contributed by atoms with E-state index in [0.29, 0.717) is 19.5 Å². The zero-order valence-electron chi connectivity index (χ0n) is 15.5. The number of nitrogens with one attached hydrogen (secondary N) is 1. The molecule has 0 aromatic heterocycles. The maximum atomic E-state index is 12.8. The summed E-state index contributed by atoms with van der Waals surface area (Å²) in [4.78, 5) is 27.3. The topological polar surface area (TPSA) is 58.6 Å². The molecule has 2 aliphatic heterocycles. The van der Waals surface area contributed by atoms with Gasteiger partial charge in [-0.05, 0) is 48.6 Å². The van der Waals surface area contributed by atoms with Crippen LogP contribution in [0.5, 0.6) is 5.75 Å². The number of nitrogens with zero attached hydrogens (tertiary/aromatic N) is 1. The van der Waals surface area contributed by atoms with E-state index in [2.05, 4.69) is 5.32 Å². The summed E-state index contributed by atoms with van der Waals surface area (Å²) in [6, 6.07) is 15.4. The smallest absolute Gasteiger partial charge is 0.252 e. The molecule has 2 aliphatic rings. The van der Waals surface area contributed by atoms with Crippen LogP contribution >= 0.6 is 0 Å². The highest BCUT2D eigenvalue weighted by Gasteiger charge is 2.42. The zero-order valence-corrected chi connectivity index (χ0v) is 15.5. The summed E-state index contributed by atoms with van der Waals surface area (Å²) in [5.74, 6) is 0.868. The van der Waals surface area contributed by atoms with Crippen molar-refractivity contribution in [1.29, 1.82) is 0 Å². The third kappa shape index (κ3) is 3.54. The average Bonchev–Trinajstić information content (AvgIpc) is 3.05. The molecule has 2 amide bonds. The Morgan fingerprint density at radius 3 is 2.70 bits per heavy atom. The first-order valence-corrected chi connectivity index (χ1v) is 9.40. The summed E-state index contributed by atoms with van der Waals surface area (Å²) in [5, 5.41) is 3.22. The van der Waals surface area contributed by atoms with Gasteiger partial charge in [0.15, 0.2) is 0 Å². The Bertz CT molecular complexity index is 862. The lowest BCUT2D eigenvalue weighted by Crippen LogP contribution is -2.50. The second-order valence-electron chi connectivity index (χ2n) is 7.48. The number of rotatable bonds is 3. The Hall–Kier alpha value is -2.82. The van der Waals surface area contributed by atoms with Gasteiger partial charge in [-0.1, -0.05) is 30.3 Å². The lowest BCUT2D eigenvalue weighted by Gasteiger charge is -2.29. The summed E-state index contributed by atoms with van der Waals surface area (Å²) < 4.78 is 5.16. The number of hydrogen-bond acceptors (Lipinski definition) is 3. The third-order valence-electron chi connectivity index (χ3n) is 5.73. The normalized spacial score (nSPS) is 21.5. The van der Waals surface area contributed by atoms with E-state index < -0.39 is 0 Å². The lowest BCUT2D eigenvalue weighted by molar-refractivity contribution is -0.129. The fourth-order valence-corrected chi connectivity index (χ4v) is 4.13. The van der Waals surface area contributed by atoms with Gasteiger partial charge in [0, 0.05) is 18.7 Å². The highest BCUT2D eigenvalue weighted by molar-refractivity contribution is 5.96. The molecule has 5 nitrogen and oxygen atoms in total. The van der Waals surface area contributed by atoms with Gasteiger partial charge in [0.1, 0.15) is 5.75 Å². The first kappa shape index (κ1) is 17.6. The second kappa shape index (κ2) is 7.06. The Morgan fingerprint density at radius 1 is 1.15 bits per heavy atom. The second-order valence-corrected chi connectivity index (χ2v) is 7.48. The Morgan fingerprint density at radius 2 is 1.93 bits per heavy atom. The van der Waals surface area contributed by atoms with E-state index in [0.717, 1.165) is 41.7 Å². The Balaban J connectivity index is 1.43. The van der Waals surface area contributed by atoms with Gasteiger partial charge < -0.3 is 15.0 Å². The summed E-state index contributed by atoms with van der Waals surface area (Å²) in [6.45, 7) is 1.27. The summed E-state index contributed by atoms with van der Waals surface area (Å²) in [6.07, 6.45) is 2.90. The van der Waals surface area contributed by atoms with Crippen LogP contribution in [0.3, 0.4) is 0 Å². The molecular formula is C22H24N2O3. The molecule has 0 radical (unpaired) electrons. The van der Waals surface area contributed by atoms with Gasteiger partial charge in [-0.25, -0.2) is 0 Å². The minimum Gasteiger partial charge on any atom is -0.497 e. The van der Waals surface area contributed by atoms with Gasteiger partial charge in [0.05, 0.1) is 19.1 Å². The molecule has 1 N–H and O–H groups in total. The van der Waals surface area contributed by atoms with Crippen molar-refractivity contribution in [3.05, 3.63) is 65.2 Å². The maximum absolute atomic E-state index is 12.8. The van der Waals surface area contributed by atoms with Crippen molar-refractivity contribution in [1.82, 2.24) is 10.2 Å². The highest BCUT2D eigenvalue weighted by Crippen LogP contribution is 2.31. The Labute approximate surface area is 159 Å². The molecule has 2 aromatic rings. The van der Waals surface area contributed by atoms with Gasteiger partial charge in [-0.3, -0.25) is 9.59 Å². The molecule has 1 saturated heterocycles. The summed E-state index contributed by atoms with van der Waals surface area (Å²) in [7, 11) is 1.63. The number of amides is 2. The molecule has 0 aliphatic carbocycles. The van der Waals surface area contributed by atoms with Crippen LogP contribution in [0.15, 0.2) is 48.5 Å².